The average molecular weight is 567 g/mol. The fraction of sp³-hybridized carbons (Fsp3) is 0.938. The molecule has 1 N–H and O–H groups in total. The molecule has 39 heavy (non-hydrogen) atoms. The van der Waals surface area contributed by atoms with E-state index in [0.29, 0.717) is 30.1 Å². The molecule has 0 aromatic carbocycles. The van der Waals surface area contributed by atoms with Crippen molar-refractivity contribution in [2.45, 2.75) is 156 Å². The second-order valence-electron chi connectivity index (χ2n) is 15.3. The molecule has 3 rings (SSSR count). The molecule has 1 heterocycles. The van der Waals surface area contributed by atoms with Crippen LogP contribution in [0.4, 0.5) is 0 Å². The van der Waals surface area contributed by atoms with Crippen molar-refractivity contribution in [2.24, 2.45) is 35.0 Å². The Bertz CT molecular complexity index is 846. The first-order valence-electron chi connectivity index (χ1n) is 15.7. The van der Waals surface area contributed by atoms with Crippen molar-refractivity contribution >= 4 is 20.3 Å². The van der Waals surface area contributed by atoms with E-state index in [4.69, 9.17) is 13.9 Å². The normalized spacial score (nSPS) is 35.1. The van der Waals surface area contributed by atoms with Crippen LogP contribution in [-0.4, -0.2) is 49.8 Å². The van der Waals surface area contributed by atoms with Gasteiger partial charge in [-0.25, -0.2) is 0 Å². The molecule has 1 saturated heterocycles. The fourth-order valence-corrected chi connectivity index (χ4v) is 8.30. The third-order valence-electron chi connectivity index (χ3n) is 11.0. The van der Waals surface area contributed by atoms with Gasteiger partial charge < -0.3 is 19.0 Å². The topological polar surface area (TPSA) is 82.1 Å². The highest BCUT2D eigenvalue weighted by Crippen LogP contribution is 2.51. The molecule has 2 saturated carbocycles. The summed E-state index contributed by atoms with van der Waals surface area (Å²) in [7, 11) is -1.98. The molecule has 0 radical (unpaired) electrons. The summed E-state index contributed by atoms with van der Waals surface area (Å²) >= 11 is 0. The van der Waals surface area contributed by atoms with Crippen molar-refractivity contribution in [1.29, 1.82) is 0 Å². The number of hydrogen-bond acceptors (Lipinski definition) is 6. The van der Waals surface area contributed by atoms with Gasteiger partial charge in [0.15, 0.2) is 8.32 Å². The average Bonchev–Trinajstić information content (AvgIpc) is 2.81. The van der Waals surface area contributed by atoms with Crippen LogP contribution in [0, 0.1) is 35.0 Å². The summed E-state index contributed by atoms with van der Waals surface area (Å²) in [5.41, 5.74) is -0.515. The van der Waals surface area contributed by atoms with Crippen LogP contribution in [-0.2, 0) is 23.5 Å². The van der Waals surface area contributed by atoms with Crippen LogP contribution < -0.4 is 0 Å². The summed E-state index contributed by atoms with van der Waals surface area (Å²) in [6.45, 7) is 21.4. The van der Waals surface area contributed by atoms with Crippen molar-refractivity contribution in [3.05, 3.63) is 0 Å². The van der Waals surface area contributed by atoms with Gasteiger partial charge in [-0.3, -0.25) is 9.59 Å². The highest BCUT2D eigenvalue weighted by molar-refractivity contribution is 6.74. The van der Waals surface area contributed by atoms with Crippen molar-refractivity contribution in [3.8, 4) is 0 Å². The molecular formula is C32H58O6Si. The highest BCUT2D eigenvalue weighted by Gasteiger charge is 2.49. The van der Waals surface area contributed by atoms with Crippen LogP contribution in [0.25, 0.3) is 0 Å². The Labute approximate surface area is 239 Å². The zero-order chi connectivity index (χ0) is 29.3. The number of aliphatic hydroxyl groups is 1. The molecule has 3 aliphatic rings. The molecule has 0 bridgehead atoms. The minimum atomic E-state index is -1.98. The number of esters is 2. The van der Waals surface area contributed by atoms with E-state index >= 15 is 0 Å². The highest BCUT2D eigenvalue weighted by atomic mass is 28.4. The molecule has 7 heteroatoms. The lowest BCUT2D eigenvalue weighted by Gasteiger charge is -2.51. The van der Waals surface area contributed by atoms with E-state index in [-0.39, 0.29) is 41.2 Å². The summed E-state index contributed by atoms with van der Waals surface area (Å²) in [4.78, 5) is 25.8. The van der Waals surface area contributed by atoms with Crippen LogP contribution in [0.15, 0.2) is 0 Å². The first-order chi connectivity index (χ1) is 17.9. The van der Waals surface area contributed by atoms with Gasteiger partial charge in [0, 0.05) is 12.3 Å². The predicted octanol–water partition coefficient (Wildman–Crippen LogP) is 7.28. The van der Waals surface area contributed by atoms with E-state index in [1.807, 2.05) is 27.7 Å². The second kappa shape index (κ2) is 12.5. The van der Waals surface area contributed by atoms with Gasteiger partial charge in [-0.2, -0.15) is 0 Å². The minimum absolute atomic E-state index is 0.0693. The van der Waals surface area contributed by atoms with E-state index < -0.39 is 19.8 Å². The number of ether oxygens (including phenoxy) is 2. The van der Waals surface area contributed by atoms with Gasteiger partial charge in [-0.05, 0) is 101 Å². The molecule has 0 aromatic rings. The van der Waals surface area contributed by atoms with Gasteiger partial charge in [-0.15, -0.1) is 0 Å². The molecule has 1 unspecified atom stereocenters. The van der Waals surface area contributed by atoms with E-state index in [9.17, 15) is 14.7 Å². The van der Waals surface area contributed by atoms with Crippen molar-refractivity contribution < 1.29 is 28.6 Å². The zero-order valence-electron chi connectivity index (χ0n) is 26.5. The predicted molar refractivity (Wildman–Crippen MR) is 158 cm³/mol. The number of carbonyl (C=O) groups is 2. The molecule has 0 aromatic heterocycles. The van der Waals surface area contributed by atoms with Gasteiger partial charge in [0.2, 0.25) is 0 Å². The first-order valence-corrected chi connectivity index (χ1v) is 18.6. The Balaban J connectivity index is 1.74. The van der Waals surface area contributed by atoms with Crippen LogP contribution in [0.3, 0.4) is 0 Å². The van der Waals surface area contributed by atoms with Crippen molar-refractivity contribution in [3.63, 3.8) is 0 Å². The number of aliphatic hydroxyl groups excluding tert-OH is 1. The SMILES string of the molecule is CCC(C)(C)C(=O)O[C@H]1C[C@@H](C(C)O)C[C@@H]2CC[C@H](C)[C@H](CC[C@@H]3C[C@@H](O[Si](C)(C)C(C)(C)C)CC(=O)O3)[C@H]21. The summed E-state index contributed by atoms with van der Waals surface area (Å²) in [5.74, 6) is 1.56. The maximum atomic E-state index is 13.2. The van der Waals surface area contributed by atoms with Gasteiger partial charge >= 0.3 is 11.9 Å². The molecule has 2 aliphatic carbocycles. The second-order valence-corrected chi connectivity index (χ2v) is 20.1. The Morgan fingerprint density at radius 1 is 1.10 bits per heavy atom. The lowest BCUT2D eigenvalue weighted by molar-refractivity contribution is -0.176. The van der Waals surface area contributed by atoms with Crippen molar-refractivity contribution in [2.75, 3.05) is 0 Å². The van der Waals surface area contributed by atoms with Gasteiger partial charge in [0.1, 0.15) is 12.2 Å². The van der Waals surface area contributed by atoms with E-state index in [1.54, 1.807) is 0 Å². The standard InChI is InChI=1S/C32H58O6Si/c1-11-32(7,8)30(35)37-27-17-23(21(3)33)16-22-13-12-20(2)26(29(22)27)15-14-24-18-25(19-28(34)36-24)38-39(9,10)31(4,5)6/h20-27,29,33H,11-19H2,1-10H3/t20-,21?,22-,23-,24+,25+,26-,27-,29-/m0/s1. The van der Waals surface area contributed by atoms with Gasteiger partial charge in [0.25, 0.3) is 0 Å². The third kappa shape index (κ3) is 7.88. The molecule has 9 atom stereocenters. The Morgan fingerprint density at radius 3 is 2.36 bits per heavy atom. The summed E-state index contributed by atoms with van der Waals surface area (Å²) in [6.07, 6.45) is 6.87. The number of cyclic esters (lactones) is 1. The maximum absolute atomic E-state index is 13.2. The smallest absolute Gasteiger partial charge is 0.311 e. The number of rotatable bonds is 9. The Hall–Kier alpha value is -0.923. The minimum Gasteiger partial charge on any atom is -0.462 e. The lowest BCUT2D eigenvalue weighted by atomic mass is 9.57. The number of carbonyl (C=O) groups excluding carboxylic acids is 2. The quantitative estimate of drug-likeness (QED) is 0.233. The number of fused-ring (bicyclic) bond motifs is 1. The van der Waals surface area contributed by atoms with Gasteiger partial charge in [-0.1, -0.05) is 41.0 Å². The summed E-state index contributed by atoms with van der Waals surface area (Å²) in [5, 5.41) is 10.6. The third-order valence-corrected chi connectivity index (χ3v) is 15.6. The zero-order valence-corrected chi connectivity index (χ0v) is 27.5. The monoisotopic (exact) mass is 566 g/mol. The number of hydrogen-bond donors (Lipinski definition) is 1. The Morgan fingerprint density at radius 2 is 1.77 bits per heavy atom. The summed E-state index contributed by atoms with van der Waals surface area (Å²) in [6, 6.07) is 0. The molecule has 0 spiro atoms. The molecule has 3 fully saturated rings. The van der Waals surface area contributed by atoms with E-state index in [0.717, 1.165) is 51.4 Å². The first kappa shape index (κ1) is 32.6. The van der Waals surface area contributed by atoms with Crippen LogP contribution in [0.1, 0.15) is 113 Å². The Kier molecular flexibility index (Phi) is 10.5. The lowest BCUT2D eigenvalue weighted by Crippen LogP contribution is -2.50. The largest absolute Gasteiger partial charge is 0.462 e. The fourth-order valence-electron chi connectivity index (χ4n) is 6.93. The molecule has 1 aliphatic heterocycles. The van der Waals surface area contributed by atoms with Gasteiger partial charge in [0.05, 0.1) is 24.0 Å². The summed E-state index contributed by atoms with van der Waals surface area (Å²) < 4.78 is 18.8. The molecule has 6 nitrogen and oxygen atoms in total. The van der Waals surface area contributed by atoms with E-state index in [2.05, 4.69) is 40.8 Å². The van der Waals surface area contributed by atoms with Crippen LogP contribution in [0.2, 0.25) is 18.1 Å². The van der Waals surface area contributed by atoms with E-state index in [1.165, 1.54) is 0 Å². The van der Waals surface area contributed by atoms with Crippen LogP contribution >= 0.6 is 0 Å². The van der Waals surface area contributed by atoms with Crippen molar-refractivity contribution in [1.82, 2.24) is 0 Å². The van der Waals surface area contributed by atoms with Crippen LogP contribution in [0.5, 0.6) is 0 Å². The molecular weight excluding hydrogens is 508 g/mol. The molecule has 226 valence electrons. The molecule has 0 amide bonds. The maximum Gasteiger partial charge on any atom is 0.311 e.